The van der Waals surface area contributed by atoms with Crippen LogP contribution in [0.5, 0.6) is 17.4 Å². The Morgan fingerprint density at radius 1 is 0.848 bits per heavy atom. The smallest absolute Gasteiger partial charge is 0.373 e. The van der Waals surface area contributed by atoms with Gasteiger partial charge >= 0.3 is 11.6 Å². The first kappa shape index (κ1) is 21.4. The Bertz CT molecular complexity index is 1280. The number of ether oxygens (including phenoxy) is 2. The molecule has 1 heterocycles. The number of rotatable bonds is 8. The molecule has 33 heavy (non-hydrogen) atoms. The van der Waals surface area contributed by atoms with Gasteiger partial charge in [-0.25, -0.2) is 4.98 Å². The number of methoxy groups -OCH3 is 1. The van der Waals surface area contributed by atoms with Crippen LogP contribution in [0, 0.1) is 10.1 Å². The number of nitrogens with zero attached hydrogens (tertiary/aromatic N) is 5. The van der Waals surface area contributed by atoms with E-state index in [9.17, 15) is 10.1 Å². The van der Waals surface area contributed by atoms with Gasteiger partial charge in [0, 0.05) is 5.69 Å². The van der Waals surface area contributed by atoms with Crippen molar-refractivity contribution in [3.05, 3.63) is 95.3 Å². The maximum absolute atomic E-state index is 11.8. The van der Waals surface area contributed by atoms with Gasteiger partial charge < -0.3 is 14.8 Å². The molecular weight excluding hydrogens is 424 g/mol. The summed E-state index contributed by atoms with van der Waals surface area (Å²) in [4.78, 5) is 19.2. The standard InChI is InChI=1S/C23H18N6O4/c1-32-19-9-5-6-10-20(19)33-23-21(29(30)31)22(24-15-25-23)26-16-11-13-18(14-12-16)28-27-17-7-3-2-4-8-17/h2-15H,1H3,(H,24,25,26). The zero-order valence-electron chi connectivity index (χ0n) is 17.5. The van der Waals surface area contributed by atoms with Crippen molar-refractivity contribution >= 4 is 28.6 Å². The second-order valence-corrected chi connectivity index (χ2v) is 6.59. The van der Waals surface area contributed by atoms with E-state index in [0.29, 0.717) is 22.9 Å². The third-order valence-corrected chi connectivity index (χ3v) is 4.41. The molecule has 164 valence electrons. The molecule has 0 aliphatic carbocycles. The van der Waals surface area contributed by atoms with Gasteiger partial charge in [0.25, 0.3) is 0 Å². The minimum absolute atomic E-state index is 0.0152. The summed E-state index contributed by atoms with van der Waals surface area (Å²) in [5.74, 6) is 0.481. The first-order chi connectivity index (χ1) is 16.1. The second kappa shape index (κ2) is 9.96. The monoisotopic (exact) mass is 442 g/mol. The highest BCUT2D eigenvalue weighted by Crippen LogP contribution is 2.38. The van der Waals surface area contributed by atoms with Crippen molar-refractivity contribution in [2.75, 3.05) is 12.4 Å². The maximum atomic E-state index is 11.8. The van der Waals surface area contributed by atoms with Gasteiger partial charge in [0.05, 0.1) is 23.4 Å². The van der Waals surface area contributed by atoms with Crippen LogP contribution >= 0.6 is 0 Å². The van der Waals surface area contributed by atoms with Crippen LogP contribution in [0.2, 0.25) is 0 Å². The molecule has 0 aliphatic rings. The van der Waals surface area contributed by atoms with Crippen molar-refractivity contribution in [3.8, 4) is 17.4 Å². The molecule has 0 amide bonds. The quantitative estimate of drug-likeness (QED) is 0.192. The molecule has 0 bridgehead atoms. The van der Waals surface area contributed by atoms with Gasteiger partial charge in [-0.2, -0.15) is 15.2 Å². The van der Waals surface area contributed by atoms with E-state index in [1.54, 1.807) is 48.5 Å². The number of nitrogens with one attached hydrogen (secondary N) is 1. The number of hydrogen-bond donors (Lipinski definition) is 1. The van der Waals surface area contributed by atoms with Crippen molar-refractivity contribution in [2.45, 2.75) is 0 Å². The van der Waals surface area contributed by atoms with Crippen LogP contribution in [0.3, 0.4) is 0 Å². The van der Waals surface area contributed by atoms with Gasteiger partial charge in [0.2, 0.25) is 5.82 Å². The van der Waals surface area contributed by atoms with Crippen LogP contribution in [0.15, 0.2) is 95.4 Å². The summed E-state index contributed by atoms with van der Waals surface area (Å²) in [6.45, 7) is 0. The molecule has 0 unspecified atom stereocenters. The molecule has 4 aromatic rings. The highest BCUT2D eigenvalue weighted by atomic mass is 16.6. The van der Waals surface area contributed by atoms with Crippen LogP contribution < -0.4 is 14.8 Å². The topological polar surface area (TPSA) is 124 Å². The minimum atomic E-state index is -0.602. The number of nitro groups is 1. The lowest BCUT2D eigenvalue weighted by atomic mass is 10.3. The van der Waals surface area contributed by atoms with E-state index in [1.165, 1.54) is 13.4 Å². The third-order valence-electron chi connectivity index (χ3n) is 4.41. The highest BCUT2D eigenvalue weighted by molar-refractivity contribution is 5.69. The van der Waals surface area contributed by atoms with Gasteiger partial charge in [-0.3, -0.25) is 10.1 Å². The van der Waals surface area contributed by atoms with Crippen molar-refractivity contribution in [2.24, 2.45) is 10.2 Å². The highest BCUT2D eigenvalue weighted by Gasteiger charge is 2.26. The molecule has 0 spiro atoms. The Morgan fingerprint density at radius 2 is 1.48 bits per heavy atom. The Kier molecular flexibility index (Phi) is 6.45. The van der Waals surface area contributed by atoms with Crippen molar-refractivity contribution < 1.29 is 14.4 Å². The van der Waals surface area contributed by atoms with Gasteiger partial charge in [-0.15, -0.1) is 0 Å². The third kappa shape index (κ3) is 5.25. The summed E-state index contributed by atoms with van der Waals surface area (Å²) >= 11 is 0. The van der Waals surface area contributed by atoms with Crippen LogP contribution in [-0.4, -0.2) is 22.0 Å². The van der Waals surface area contributed by atoms with Gasteiger partial charge in [-0.05, 0) is 48.5 Å². The molecule has 10 nitrogen and oxygen atoms in total. The average Bonchev–Trinajstić information content (AvgIpc) is 2.84. The molecule has 0 saturated heterocycles. The summed E-state index contributed by atoms with van der Waals surface area (Å²) in [7, 11) is 1.48. The Labute approximate surface area is 188 Å². The Hall–Kier alpha value is -4.86. The van der Waals surface area contributed by atoms with E-state index in [2.05, 4.69) is 25.5 Å². The lowest BCUT2D eigenvalue weighted by molar-refractivity contribution is -0.385. The predicted molar refractivity (Wildman–Crippen MR) is 122 cm³/mol. The molecule has 4 rings (SSSR count). The fourth-order valence-electron chi connectivity index (χ4n) is 2.86. The van der Waals surface area contributed by atoms with E-state index in [-0.39, 0.29) is 11.7 Å². The van der Waals surface area contributed by atoms with Gasteiger partial charge in [-0.1, -0.05) is 30.3 Å². The first-order valence-electron chi connectivity index (χ1n) is 9.78. The Morgan fingerprint density at radius 3 is 2.15 bits per heavy atom. The Balaban J connectivity index is 1.56. The zero-order chi connectivity index (χ0) is 23.0. The number of azo groups is 1. The van der Waals surface area contributed by atoms with E-state index < -0.39 is 10.6 Å². The molecular formula is C23H18N6O4. The SMILES string of the molecule is COc1ccccc1Oc1ncnc(Nc2ccc(N=Nc3ccccc3)cc2)c1[N+](=O)[O-]. The van der Waals surface area contributed by atoms with Crippen LogP contribution in [0.4, 0.5) is 28.6 Å². The summed E-state index contributed by atoms with van der Waals surface area (Å²) < 4.78 is 10.9. The van der Waals surface area contributed by atoms with Crippen molar-refractivity contribution in [1.82, 2.24) is 9.97 Å². The number of para-hydroxylation sites is 2. The number of anilines is 2. The lowest BCUT2D eigenvalue weighted by Gasteiger charge is -2.11. The number of aromatic nitrogens is 2. The predicted octanol–water partition coefficient (Wildman–Crippen LogP) is 6.34. The largest absolute Gasteiger partial charge is 0.493 e. The van der Waals surface area contributed by atoms with Crippen LogP contribution in [0.25, 0.3) is 0 Å². The van der Waals surface area contributed by atoms with E-state index in [1.807, 2.05) is 30.3 Å². The van der Waals surface area contributed by atoms with Gasteiger partial charge in [0.1, 0.15) is 6.33 Å². The normalized spacial score (nSPS) is 10.7. The minimum Gasteiger partial charge on any atom is -0.493 e. The molecule has 0 atom stereocenters. The second-order valence-electron chi connectivity index (χ2n) is 6.59. The van der Waals surface area contributed by atoms with E-state index in [4.69, 9.17) is 9.47 Å². The maximum Gasteiger partial charge on any atom is 0.373 e. The summed E-state index contributed by atoms with van der Waals surface area (Å²) in [6.07, 6.45) is 1.18. The van der Waals surface area contributed by atoms with E-state index in [0.717, 1.165) is 5.69 Å². The summed E-state index contributed by atoms with van der Waals surface area (Å²) in [5.41, 5.74) is 1.52. The van der Waals surface area contributed by atoms with Crippen LogP contribution in [0.1, 0.15) is 0 Å². The number of benzene rings is 3. The van der Waals surface area contributed by atoms with Crippen molar-refractivity contribution in [3.63, 3.8) is 0 Å². The average molecular weight is 442 g/mol. The molecule has 0 aliphatic heterocycles. The molecule has 1 aromatic heterocycles. The summed E-state index contributed by atoms with van der Waals surface area (Å²) in [6, 6.07) is 23.0. The van der Waals surface area contributed by atoms with Crippen LogP contribution in [-0.2, 0) is 0 Å². The first-order valence-corrected chi connectivity index (χ1v) is 9.78. The fraction of sp³-hybridized carbons (Fsp3) is 0.0435. The molecule has 0 fully saturated rings. The molecule has 0 saturated carbocycles. The van der Waals surface area contributed by atoms with E-state index >= 15 is 0 Å². The molecule has 10 heteroatoms. The summed E-state index contributed by atoms with van der Waals surface area (Å²) in [5, 5.41) is 23.1. The number of hydrogen-bond acceptors (Lipinski definition) is 9. The lowest BCUT2D eigenvalue weighted by Crippen LogP contribution is -2.03. The molecule has 1 N–H and O–H groups in total. The zero-order valence-corrected chi connectivity index (χ0v) is 17.5. The van der Waals surface area contributed by atoms with Crippen molar-refractivity contribution in [1.29, 1.82) is 0 Å². The fourth-order valence-corrected chi connectivity index (χ4v) is 2.86. The molecule has 0 radical (unpaired) electrons. The molecule has 3 aromatic carbocycles. The van der Waals surface area contributed by atoms with Gasteiger partial charge in [0.15, 0.2) is 11.5 Å².